The van der Waals surface area contributed by atoms with Gasteiger partial charge in [-0.3, -0.25) is 0 Å². The molecule has 4 heteroatoms. The van der Waals surface area contributed by atoms with Crippen LogP contribution in [0.2, 0.25) is 0 Å². The lowest BCUT2D eigenvalue weighted by atomic mass is 10.1. The maximum atomic E-state index is 6.04. The Bertz CT molecular complexity index is 397. The van der Waals surface area contributed by atoms with Gasteiger partial charge < -0.3 is 15.8 Å². The molecule has 1 aromatic rings. The van der Waals surface area contributed by atoms with E-state index in [1.807, 2.05) is 12.1 Å². The summed E-state index contributed by atoms with van der Waals surface area (Å²) in [5, 5.41) is 3.55. The predicted octanol–water partition coefficient (Wildman–Crippen LogP) is 2.47. The van der Waals surface area contributed by atoms with Crippen LogP contribution in [0.1, 0.15) is 24.8 Å². The van der Waals surface area contributed by atoms with E-state index in [9.17, 15) is 0 Å². The molecule has 0 bridgehead atoms. The molecule has 0 amide bonds. The summed E-state index contributed by atoms with van der Waals surface area (Å²) in [5.41, 5.74) is 7.27. The lowest BCUT2D eigenvalue weighted by Crippen LogP contribution is -2.41. The first kappa shape index (κ1) is 13.8. The van der Waals surface area contributed by atoms with E-state index in [-0.39, 0.29) is 0 Å². The molecule has 0 aromatic heterocycles. The molecule has 2 unspecified atom stereocenters. The van der Waals surface area contributed by atoms with Gasteiger partial charge in [0.2, 0.25) is 0 Å². The molecule has 2 atom stereocenters. The van der Waals surface area contributed by atoms with Crippen molar-refractivity contribution in [2.45, 2.75) is 37.8 Å². The van der Waals surface area contributed by atoms with Crippen molar-refractivity contribution in [3.8, 4) is 5.75 Å². The van der Waals surface area contributed by atoms with E-state index in [0.29, 0.717) is 12.1 Å². The lowest BCUT2D eigenvalue weighted by molar-refractivity contribution is 0.407. The van der Waals surface area contributed by atoms with Crippen molar-refractivity contribution in [3.05, 3.63) is 28.2 Å². The fourth-order valence-electron chi connectivity index (χ4n) is 2.58. The van der Waals surface area contributed by atoms with Crippen LogP contribution in [0.4, 0.5) is 0 Å². The summed E-state index contributed by atoms with van der Waals surface area (Å²) in [7, 11) is 1.72. The Labute approximate surface area is 117 Å². The van der Waals surface area contributed by atoms with E-state index in [2.05, 4.69) is 27.3 Å². The molecule has 1 aromatic carbocycles. The highest BCUT2D eigenvalue weighted by atomic mass is 79.9. The molecular weight excluding hydrogens is 292 g/mol. The van der Waals surface area contributed by atoms with Gasteiger partial charge in [0.25, 0.3) is 0 Å². The van der Waals surface area contributed by atoms with Crippen LogP contribution in [0.25, 0.3) is 0 Å². The van der Waals surface area contributed by atoms with Crippen LogP contribution >= 0.6 is 15.9 Å². The summed E-state index contributed by atoms with van der Waals surface area (Å²) in [5.74, 6) is 0.954. The Kier molecular flexibility index (Phi) is 5.03. The highest BCUT2D eigenvalue weighted by molar-refractivity contribution is 9.10. The number of halogens is 1. The summed E-state index contributed by atoms with van der Waals surface area (Å²) in [6.07, 6.45) is 4.57. The second-order valence-corrected chi connectivity index (χ2v) is 5.78. The SMILES string of the molecule is COc1ccc(Br)cc1CCNC1CCCC1N. The van der Waals surface area contributed by atoms with Crippen molar-refractivity contribution in [2.75, 3.05) is 13.7 Å². The lowest BCUT2D eigenvalue weighted by Gasteiger charge is -2.17. The molecule has 0 saturated heterocycles. The fourth-order valence-corrected chi connectivity index (χ4v) is 2.99. The molecule has 18 heavy (non-hydrogen) atoms. The van der Waals surface area contributed by atoms with Gasteiger partial charge >= 0.3 is 0 Å². The normalized spacial score (nSPS) is 23.3. The number of nitrogens with one attached hydrogen (secondary N) is 1. The van der Waals surface area contributed by atoms with Gasteiger partial charge in [-0.2, -0.15) is 0 Å². The number of benzene rings is 1. The van der Waals surface area contributed by atoms with Crippen LogP contribution < -0.4 is 15.8 Å². The Morgan fingerprint density at radius 3 is 2.94 bits per heavy atom. The zero-order chi connectivity index (χ0) is 13.0. The monoisotopic (exact) mass is 312 g/mol. The summed E-state index contributed by atoms with van der Waals surface area (Å²) in [6, 6.07) is 6.94. The molecule has 1 saturated carbocycles. The van der Waals surface area contributed by atoms with Gasteiger partial charge in [-0.1, -0.05) is 22.4 Å². The van der Waals surface area contributed by atoms with Crippen molar-refractivity contribution >= 4 is 15.9 Å². The second kappa shape index (κ2) is 6.55. The number of nitrogens with two attached hydrogens (primary N) is 1. The van der Waals surface area contributed by atoms with E-state index < -0.39 is 0 Å². The zero-order valence-electron chi connectivity index (χ0n) is 10.8. The average Bonchev–Trinajstić information content (AvgIpc) is 2.76. The number of hydrogen-bond acceptors (Lipinski definition) is 3. The van der Waals surface area contributed by atoms with Crippen LogP contribution in [0.5, 0.6) is 5.75 Å². The maximum Gasteiger partial charge on any atom is 0.122 e. The molecule has 1 fully saturated rings. The Hall–Kier alpha value is -0.580. The van der Waals surface area contributed by atoms with Crippen molar-refractivity contribution in [1.29, 1.82) is 0 Å². The van der Waals surface area contributed by atoms with Crippen molar-refractivity contribution < 1.29 is 4.74 Å². The van der Waals surface area contributed by atoms with Crippen LogP contribution in [-0.4, -0.2) is 25.7 Å². The number of ether oxygens (including phenoxy) is 1. The Morgan fingerprint density at radius 1 is 1.44 bits per heavy atom. The number of methoxy groups -OCH3 is 1. The van der Waals surface area contributed by atoms with Crippen LogP contribution in [0.15, 0.2) is 22.7 Å². The van der Waals surface area contributed by atoms with Gasteiger partial charge in [0.05, 0.1) is 7.11 Å². The van der Waals surface area contributed by atoms with Crippen molar-refractivity contribution in [1.82, 2.24) is 5.32 Å². The Morgan fingerprint density at radius 2 is 2.28 bits per heavy atom. The molecule has 1 aliphatic rings. The van der Waals surface area contributed by atoms with Gasteiger partial charge in [0.15, 0.2) is 0 Å². The maximum absolute atomic E-state index is 6.04. The van der Waals surface area contributed by atoms with Crippen molar-refractivity contribution in [2.24, 2.45) is 5.73 Å². The van der Waals surface area contributed by atoms with Gasteiger partial charge in [-0.05, 0) is 49.6 Å². The highest BCUT2D eigenvalue weighted by Gasteiger charge is 2.22. The first-order valence-electron chi connectivity index (χ1n) is 6.52. The quantitative estimate of drug-likeness (QED) is 0.878. The molecule has 0 radical (unpaired) electrons. The first-order valence-corrected chi connectivity index (χ1v) is 7.31. The Balaban J connectivity index is 1.87. The minimum Gasteiger partial charge on any atom is -0.496 e. The summed E-state index contributed by atoms with van der Waals surface area (Å²) >= 11 is 3.50. The molecular formula is C14H21BrN2O. The molecule has 0 heterocycles. The van der Waals surface area contributed by atoms with Gasteiger partial charge in [-0.25, -0.2) is 0 Å². The molecule has 0 spiro atoms. The number of rotatable bonds is 5. The van der Waals surface area contributed by atoms with E-state index in [0.717, 1.165) is 29.6 Å². The smallest absolute Gasteiger partial charge is 0.122 e. The van der Waals surface area contributed by atoms with Crippen LogP contribution in [0.3, 0.4) is 0 Å². The van der Waals surface area contributed by atoms with E-state index >= 15 is 0 Å². The molecule has 3 nitrogen and oxygen atoms in total. The fraction of sp³-hybridized carbons (Fsp3) is 0.571. The molecule has 3 N–H and O–H groups in total. The van der Waals surface area contributed by atoms with Crippen LogP contribution in [0, 0.1) is 0 Å². The molecule has 0 aliphatic heterocycles. The molecule has 2 rings (SSSR count). The molecule has 100 valence electrons. The van der Waals surface area contributed by atoms with Gasteiger partial charge in [-0.15, -0.1) is 0 Å². The second-order valence-electron chi connectivity index (χ2n) is 4.86. The zero-order valence-corrected chi connectivity index (χ0v) is 12.4. The average molecular weight is 313 g/mol. The predicted molar refractivity (Wildman–Crippen MR) is 78.0 cm³/mol. The third-order valence-corrected chi connectivity index (χ3v) is 4.11. The standard InChI is InChI=1S/C14H21BrN2O/c1-18-14-6-5-11(15)9-10(14)7-8-17-13-4-2-3-12(13)16/h5-6,9,12-13,17H,2-4,7-8,16H2,1H3. The summed E-state index contributed by atoms with van der Waals surface area (Å²) in [4.78, 5) is 0. The topological polar surface area (TPSA) is 47.3 Å². The van der Waals surface area contributed by atoms with Crippen molar-refractivity contribution in [3.63, 3.8) is 0 Å². The largest absolute Gasteiger partial charge is 0.496 e. The number of hydrogen-bond donors (Lipinski definition) is 2. The van der Waals surface area contributed by atoms with E-state index in [1.165, 1.54) is 18.4 Å². The molecule has 1 aliphatic carbocycles. The van der Waals surface area contributed by atoms with Gasteiger partial charge in [0, 0.05) is 16.6 Å². The van der Waals surface area contributed by atoms with E-state index in [4.69, 9.17) is 10.5 Å². The first-order chi connectivity index (χ1) is 8.70. The summed E-state index contributed by atoms with van der Waals surface area (Å²) < 4.78 is 6.46. The van der Waals surface area contributed by atoms with Crippen LogP contribution in [-0.2, 0) is 6.42 Å². The minimum absolute atomic E-state index is 0.328. The minimum atomic E-state index is 0.328. The highest BCUT2D eigenvalue weighted by Crippen LogP contribution is 2.23. The van der Waals surface area contributed by atoms with Gasteiger partial charge in [0.1, 0.15) is 5.75 Å². The summed E-state index contributed by atoms with van der Waals surface area (Å²) in [6.45, 7) is 0.950. The third kappa shape index (κ3) is 3.46. The van der Waals surface area contributed by atoms with E-state index in [1.54, 1.807) is 7.11 Å². The third-order valence-electron chi connectivity index (χ3n) is 3.61.